The molecule has 5 nitrogen and oxygen atoms in total. The average Bonchev–Trinajstić information content (AvgIpc) is 3.24. The van der Waals surface area contributed by atoms with Gasteiger partial charge in [0.05, 0.1) is 11.6 Å². The molecule has 1 aliphatic rings. The predicted molar refractivity (Wildman–Crippen MR) is 87.8 cm³/mol. The SMILES string of the molecule is Nc1ccc(C2(C(=O)Nc3ncc(Br)nc3Br)CC2)cc1. The Hall–Kier alpha value is -1.47. The Bertz CT molecular complexity index is 699. The van der Waals surface area contributed by atoms with E-state index in [2.05, 4.69) is 47.1 Å². The van der Waals surface area contributed by atoms with E-state index >= 15 is 0 Å². The summed E-state index contributed by atoms with van der Waals surface area (Å²) >= 11 is 6.52. The van der Waals surface area contributed by atoms with Gasteiger partial charge in [0.25, 0.3) is 0 Å². The summed E-state index contributed by atoms with van der Waals surface area (Å²) < 4.78 is 1.10. The predicted octanol–water partition coefficient (Wildman–Crippen LogP) is 3.25. The molecule has 0 atom stereocenters. The van der Waals surface area contributed by atoms with Crippen LogP contribution >= 0.6 is 31.9 Å². The Morgan fingerprint density at radius 1 is 1.24 bits per heavy atom. The first kappa shape index (κ1) is 14.5. The van der Waals surface area contributed by atoms with Crippen molar-refractivity contribution >= 4 is 49.3 Å². The van der Waals surface area contributed by atoms with Crippen LogP contribution in [0.15, 0.2) is 39.7 Å². The molecule has 21 heavy (non-hydrogen) atoms. The monoisotopic (exact) mass is 410 g/mol. The first-order valence-electron chi connectivity index (χ1n) is 6.37. The van der Waals surface area contributed by atoms with Crippen molar-refractivity contribution in [3.05, 3.63) is 45.2 Å². The van der Waals surface area contributed by atoms with E-state index in [4.69, 9.17) is 5.73 Å². The third-order valence-corrected chi connectivity index (χ3v) is 4.52. The summed E-state index contributed by atoms with van der Waals surface area (Å²) in [6, 6.07) is 7.45. The Morgan fingerprint density at radius 2 is 1.90 bits per heavy atom. The largest absolute Gasteiger partial charge is 0.399 e. The fourth-order valence-corrected chi connectivity index (χ4v) is 3.14. The Morgan fingerprint density at radius 3 is 2.48 bits per heavy atom. The minimum absolute atomic E-state index is 0.0652. The summed E-state index contributed by atoms with van der Waals surface area (Å²) in [7, 11) is 0. The molecule has 3 rings (SSSR count). The molecule has 7 heteroatoms. The third-order valence-electron chi connectivity index (χ3n) is 3.58. The number of nitrogens with zero attached hydrogens (tertiary/aromatic N) is 2. The highest BCUT2D eigenvalue weighted by Gasteiger charge is 2.51. The molecule has 0 aliphatic heterocycles. The molecule has 0 bridgehead atoms. The lowest BCUT2D eigenvalue weighted by atomic mass is 9.95. The van der Waals surface area contributed by atoms with Crippen molar-refractivity contribution in [3.8, 4) is 0 Å². The molecule has 0 unspecified atom stereocenters. The van der Waals surface area contributed by atoms with Crippen LogP contribution in [-0.4, -0.2) is 15.9 Å². The van der Waals surface area contributed by atoms with Crippen molar-refractivity contribution in [1.29, 1.82) is 0 Å². The third kappa shape index (κ3) is 2.80. The molecule has 1 saturated carbocycles. The van der Waals surface area contributed by atoms with Crippen molar-refractivity contribution in [1.82, 2.24) is 9.97 Å². The van der Waals surface area contributed by atoms with E-state index in [0.717, 1.165) is 18.4 Å². The van der Waals surface area contributed by atoms with Crippen LogP contribution in [0.3, 0.4) is 0 Å². The first-order chi connectivity index (χ1) is 10.0. The summed E-state index contributed by atoms with van der Waals surface area (Å²) in [5.41, 5.74) is 6.90. The second-order valence-electron chi connectivity index (χ2n) is 4.99. The zero-order valence-corrected chi connectivity index (χ0v) is 14.1. The number of rotatable bonds is 3. The maximum atomic E-state index is 12.6. The topological polar surface area (TPSA) is 80.9 Å². The molecule has 1 amide bonds. The van der Waals surface area contributed by atoms with Gasteiger partial charge in [-0.25, -0.2) is 9.97 Å². The van der Waals surface area contributed by atoms with E-state index in [0.29, 0.717) is 20.7 Å². The van der Waals surface area contributed by atoms with Gasteiger partial charge in [0.15, 0.2) is 5.82 Å². The number of carbonyl (C=O) groups excluding carboxylic acids is 1. The maximum absolute atomic E-state index is 12.6. The summed E-state index contributed by atoms with van der Waals surface area (Å²) in [4.78, 5) is 20.9. The normalized spacial score (nSPS) is 15.5. The Labute approximate surface area is 138 Å². The number of amides is 1. The molecule has 108 valence electrons. The average molecular weight is 412 g/mol. The van der Waals surface area contributed by atoms with Crippen LogP contribution < -0.4 is 11.1 Å². The molecule has 1 aromatic heterocycles. The Kier molecular flexibility index (Phi) is 3.71. The summed E-state index contributed by atoms with van der Waals surface area (Å²) in [6.07, 6.45) is 3.19. The fraction of sp³-hybridized carbons (Fsp3) is 0.214. The zero-order valence-electron chi connectivity index (χ0n) is 10.9. The van der Waals surface area contributed by atoms with Crippen molar-refractivity contribution in [3.63, 3.8) is 0 Å². The summed E-state index contributed by atoms with van der Waals surface area (Å²) in [6.45, 7) is 0. The van der Waals surface area contributed by atoms with Crippen LogP contribution in [0.1, 0.15) is 18.4 Å². The lowest BCUT2D eigenvalue weighted by molar-refractivity contribution is -0.118. The van der Waals surface area contributed by atoms with Gasteiger partial charge in [-0.3, -0.25) is 4.79 Å². The molecule has 1 heterocycles. The molecular formula is C14H12Br2N4O. The van der Waals surface area contributed by atoms with Gasteiger partial charge in [-0.2, -0.15) is 0 Å². The van der Waals surface area contributed by atoms with Crippen LogP contribution in [0.2, 0.25) is 0 Å². The summed E-state index contributed by atoms with van der Waals surface area (Å²) in [5.74, 6) is 0.356. The number of carbonyl (C=O) groups is 1. The molecule has 3 N–H and O–H groups in total. The quantitative estimate of drug-likeness (QED) is 0.759. The number of halogens is 2. The zero-order chi connectivity index (χ0) is 15.0. The van der Waals surface area contributed by atoms with Gasteiger partial charge >= 0.3 is 0 Å². The molecule has 1 fully saturated rings. The van der Waals surface area contributed by atoms with E-state index < -0.39 is 5.41 Å². The molecule has 1 aromatic carbocycles. The molecule has 0 radical (unpaired) electrons. The number of aromatic nitrogens is 2. The van der Waals surface area contributed by atoms with Crippen LogP contribution in [0.5, 0.6) is 0 Å². The van der Waals surface area contributed by atoms with Crippen molar-refractivity contribution in [2.45, 2.75) is 18.3 Å². The minimum Gasteiger partial charge on any atom is -0.399 e. The minimum atomic E-state index is -0.470. The maximum Gasteiger partial charge on any atom is 0.236 e. The van der Waals surface area contributed by atoms with Gasteiger partial charge < -0.3 is 11.1 Å². The van der Waals surface area contributed by atoms with Crippen molar-refractivity contribution in [2.75, 3.05) is 11.1 Å². The van der Waals surface area contributed by atoms with Crippen LogP contribution in [0.4, 0.5) is 11.5 Å². The second kappa shape index (κ2) is 5.38. The second-order valence-corrected chi connectivity index (χ2v) is 6.55. The smallest absolute Gasteiger partial charge is 0.236 e. The number of nitrogens with one attached hydrogen (secondary N) is 1. The van der Waals surface area contributed by atoms with Gasteiger partial charge in [-0.15, -0.1) is 0 Å². The van der Waals surface area contributed by atoms with E-state index in [1.807, 2.05) is 24.3 Å². The standard InChI is InChI=1S/C14H12Br2N4O/c15-10-7-18-12(11(16)19-10)20-13(21)14(5-6-14)8-1-3-9(17)4-2-8/h1-4,7H,5-6,17H2,(H,18,20,21). The van der Waals surface area contributed by atoms with E-state index in [9.17, 15) is 4.79 Å². The number of nitrogens with two attached hydrogens (primary N) is 1. The number of nitrogen functional groups attached to an aromatic ring is 1. The number of benzene rings is 1. The lowest BCUT2D eigenvalue weighted by Gasteiger charge is -2.16. The van der Waals surface area contributed by atoms with Gasteiger partial charge in [-0.05, 0) is 62.4 Å². The first-order valence-corrected chi connectivity index (χ1v) is 7.95. The van der Waals surface area contributed by atoms with Crippen LogP contribution in [-0.2, 0) is 10.2 Å². The highest BCUT2D eigenvalue weighted by molar-refractivity contribution is 9.11. The highest BCUT2D eigenvalue weighted by Crippen LogP contribution is 2.49. The number of hydrogen-bond donors (Lipinski definition) is 2. The van der Waals surface area contributed by atoms with E-state index in [1.54, 1.807) is 6.20 Å². The van der Waals surface area contributed by atoms with Gasteiger partial charge in [0, 0.05) is 5.69 Å². The fourth-order valence-electron chi connectivity index (χ4n) is 2.23. The van der Waals surface area contributed by atoms with Gasteiger partial charge in [0.2, 0.25) is 5.91 Å². The Balaban J connectivity index is 1.83. The molecule has 1 aliphatic carbocycles. The van der Waals surface area contributed by atoms with Crippen molar-refractivity contribution in [2.24, 2.45) is 0 Å². The lowest BCUT2D eigenvalue weighted by Crippen LogP contribution is -2.28. The number of anilines is 2. The van der Waals surface area contributed by atoms with Gasteiger partial charge in [-0.1, -0.05) is 12.1 Å². The summed E-state index contributed by atoms with van der Waals surface area (Å²) in [5, 5.41) is 2.84. The molecular weight excluding hydrogens is 400 g/mol. The van der Waals surface area contributed by atoms with Crippen LogP contribution in [0.25, 0.3) is 0 Å². The molecule has 0 spiro atoms. The van der Waals surface area contributed by atoms with E-state index in [1.165, 1.54) is 0 Å². The molecule has 2 aromatic rings. The van der Waals surface area contributed by atoms with Gasteiger partial charge in [0.1, 0.15) is 9.21 Å². The highest BCUT2D eigenvalue weighted by atomic mass is 79.9. The molecule has 0 saturated heterocycles. The van der Waals surface area contributed by atoms with Crippen LogP contribution in [0, 0.1) is 0 Å². The number of hydrogen-bond acceptors (Lipinski definition) is 4. The van der Waals surface area contributed by atoms with Crippen molar-refractivity contribution < 1.29 is 4.79 Å². The van der Waals surface area contributed by atoms with E-state index in [-0.39, 0.29) is 5.91 Å².